The standard InChI is InChI=1S/C9H17NO/c1-7(8(2)11)10(3)6-9-4-5-9/h7,9H,4-6H2,1-3H3. The molecule has 0 radical (unpaired) electrons. The summed E-state index contributed by atoms with van der Waals surface area (Å²) in [6, 6.07) is 0.107. The first-order chi connectivity index (χ1) is 5.11. The molecular weight excluding hydrogens is 138 g/mol. The van der Waals surface area contributed by atoms with E-state index in [9.17, 15) is 4.79 Å². The quantitative estimate of drug-likeness (QED) is 0.610. The third kappa shape index (κ3) is 2.62. The molecule has 64 valence electrons. The van der Waals surface area contributed by atoms with Gasteiger partial charge in [0.2, 0.25) is 0 Å². The van der Waals surface area contributed by atoms with Gasteiger partial charge in [-0.15, -0.1) is 0 Å². The molecule has 1 aliphatic rings. The van der Waals surface area contributed by atoms with Gasteiger partial charge in [-0.2, -0.15) is 0 Å². The minimum Gasteiger partial charge on any atom is -0.298 e. The zero-order valence-electron chi connectivity index (χ0n) is 7.63. The number of rotatable bonds is 4. The van der Waals surface area contributed by atoms with Crippen molar-refractivity contribution in [2.24, 2.45) is 5.92 Å². The molecule has 2 nitrogen and oxygen atoms in total. The predicted octanol–water partition coefficient (Wildman–Crippen LogP) is 1.31. The highest BCUT2D eigenvalue weighted by Crippen LogP contribution is 2.29. The van der Waals surface area contributed by atoms with Gasteiger partial charge < -0.3 is 0 Å². The molecule has 0 bridgehead atoms. The molecule has 0 spiro atoms. The number of hydrogen-bond donors (Lipinski definition) is 0. The molecule has 0 heterocycles. The number of hydrogen-bond acceptors (Lipinski definition) is 2. The molecular formula is C9H17NO. The maximum absolute atomic E-state index is 10.9. The van der Waals surface area contributed by atoms with Crippen LogP contribution in [0.15, 0.2) is 0 Å². The molecule has 0 amide bonds. The number of nitrogens with zero attached hydrogens (tertiary/aromatic N) is 1. The number of carbonyl (C=O) groups excluding carboxylic acids is 1. The number of ketones is 1. The lowest BCUT2D eigenvalue weighted by atomic mass is 10.2. The SMILES string of the molecule is CC(=O)C(C)N(C)CC1CC1. The molecule has 11 heavy (non-hydrogen) atoms. The summed E-state index contributed by atoms with van der Waals surface area (Å²) in [4.78, 5) is 13.1. The van der Waals surface area contributed by atoms with Gasteiger partial charge in [-0.05, 0) is 39.7 Å². The molecule has 0 aromatic carbocycles. The lowest BCUT2D eigenvalue weighted by Crippen LogP contribution is -2.35. The Balaban J connectivity index is 2.26. The van der Waals surface area contributed by atoms with E-state index >= 15 is 0 Å². The van der Waals surface area contributed by atoms with Crippen LogP contribution in [0.4, 0.5) is 0 Å². The Labute approximate surface area is 68.6 Å². The fraction of sp³-hybridized carbons (Fsp3) is 0.889. The van der Waals surface area contributed by atoms with E-state index in [4.69, 9.17) is 0 Å². The first kappa shape index (κ1) is 8.72. The van der Waals surface area contributed by atoms with Gasteiger partial charge in [0.25, 0.3) is 0 Å². The molecule has 1 atom stereocenters. The minimum absolute atomic E-state index is 0.107. The van der Waals surface area contributed by atoms with E-state index in [0.29, 0.717) is 0 Å². The largest absolute Gasteiger partial charge is 0.298 e. The van der Waals surface area contributed by atoms with Crippen LogP contribution in [-0.2, 0) is 4.79 Å². The van der Waals surface area contributed by atoms with E-state index in [0.717, 1.165) is 12.5 Å². The molecule has 0 N–H and O–H groups in total. The van der Waals surface area contributed by atoms with Gasteiger partial charge in [0.15, 0.2) is 0 Å². The van der Waals surface area contributed by atoms with Crippen LogP contribution < -0.4 is 0 Å². The van der Waals surface area contributed by atoms with Crippen molar-refractivity contribution >= 4 is 5.78 Å². The smallest absolute Gasteiger partial charge is 0.146 e. The summed E-state index contributed by atoms with van der Waals surface area (Å²) in [5, 5.41) is 0. The summed E-state index contributed by atoms with van der Waals surface area (Å²) in [6.07, 6.45) is 2.71. The highest BCUT2D eigenvalue weighted by atomic mass is 16.1. The molecule has 1 unspecified atom stereocenters. The molecule has 0 aliphatic heterocycles. The zero-order valence-corrected chi connectivity index (χ0v) is 7.63. The highest BCUT2D eigenvalue weighted by molar-refractivity contribution is 5.80. The van der Waals surface area contributed by atoms with Crippen molar-refractivity contribution in [3.8, 4) is 0 Å². The molecule has 1 rings (SSSR count). The van der Waals surface area contributed by atoms with Gasteiger partial charge in [-0.25, -0.2) is 0 Å². The van der Waals surface area contributed by atoms with Crippen LogP contribution in [0.3, 0.4) is 0 Å². The third-order valence-electron chi connectivity index (χ3n) is 2.49. The monoisotopic (exact) mass is 155 g/mol. The van der Waals surface area contributed by atoms with E-state index in [-0.39, 0.29) is 11.8 Å². The number of carbonyl (C=O) groups is 1. The van der Waals surface area contributed by atoms with Gasteiger partial charge in [-0.3, -0.25) is 9.69 Å². The molecule has 1 fully saturated rings. The summed E-state index contributed by atoms with van der Waals surface area (Å²) >= 11 is 0. The lowest BCUT2D eigenvalue weighted by Gasteiger charge is -2.21. The second-order valence-corrected chi connectivity index (χ2v) is 3.67. The average Bonchev–Trinajstić information content (AvgIpc) is 2.69. The number of likely N-dealkylation sites (N-methyl/N-ethyl adjacent to an activating group) is 1. The van der Waals surface area contributed by atoms with Gasteiger partial charge in [-0.1, -0.05) is 0 Å². The summed E-state index contributed by atoms with van der Waals surface area (Å²) in [6.45, 7) is 4.74. The molecule has 2 heteroatoms. The Morgan fingerprint density at radius 1 is 1.64 bits per heavy atom. The molecule has 1 saturated carbocycles. The van der Waals surface area contributed by atoms with Crippen LogP contribution in [0.5, 0.6) is 0 Å². The van der Waals surface area contributed by atoms with Gasteiger partial charge in [0.1, 0.15) is 5.78 Å². The van der Waals surface area contributed by atoms with Crippen molar-refractivity contribution in [2.45, 2.75) is 32.7 Å². The Morgan fingerprint density at radius 3 is 2.55 bits per heavy atom. The fourth-order valence-corrected chi connectivity index (χ4v) is 1.18. The van der Waals surface area contributed by atoms with Crippen LogP contribution in [0.2, 0.25) is 0 Å². The minimum atomic E-state index is 0.107. The van der Waals surface area contributed by atoms with Crippen molar-refractivity contribution in [1.29, 1.82) is 0 Å². The summed E-state index contributed by atoms with van der Waals surface area (Å²) in [7, 11) is 2.03. The van der Waals surface area contributed by atoms with E-state index in [1.54, 1.807) is 6.92 Å². The molecule has 0 saturated heterocycles. The van der Waals surface area contributed by atoms with Crippen LogP contribution >= 0.6 is 0 Å². The fourth-order valence-electron chi connectivity index (χ4n) is 1.18. The second-order valence-electron chi connectivity index (χ2n) is 3.67. The Bertz CT molecular complexity index is 152. The molecule has 0 aromatic rings. The maximum atomic E-state index is 10.9. The number of Topliss-reactive ketones (excluding diaryl/α,β-unsaturated/α-hetero) is 1. The van der Waals surface area contributed by atoms with E-state index in [1.807, 2.05) is 14.0 Å². The zero-order chi connectivity index (χ0) is 8.43. The normalized spacial score (nSPS) is 20.4. The topological polar surface area (TPSA) is 20.3 Å². The van der Waals surface area contributed by atoms with Crippen molar-refractivity contribution in [3.63, 3.8) is 0 Å². The first-order valence-electron chi connectivity index (χ1n) is 4.32. The summed E-state index contributed by atoms with van der Waals surface area (Å²) in [5.41, 5.74) is 0. The molecule has 1 aliphatic carbocycles. The van der Waals surface area contributed by atoms with Crippen LogP contribution in [0.25, 0.3) is 0 Å². The highest BCUT2D eigenvalue weighted by Gasteiger charge is 2.25. The van der Waals surface area contributed by atoms with Gasteiger partial charge in [0, 0.05) is 6.54 Å². The van der Waals surface area contributed by atoms with Crippen molar-refractivity contribution < 1.29 is 4.79 Å². The Kier molecular flexibility index (Phi) is 2.66. The summed E-state index contributed by atoms with van der Waals surface area (Å²) in [5.74, 6) is 1.15. The summed E-state index contributed by atoms with van der Waals surface area (Å²) < 4.78 is 0. The van der Waals surface area contributed by atoms with Crippen LogP contribution in [0, 0.1) is 5.92 Å². The van der Waals surface area contributed by atoms with Gasteiger partial charge in [0.05, 0.1) is 6.04 Å². The van der Waals surface area contributed by atoms with E-state index in [1.165, 1.54) is 12.8 Å². The average molecular weight is 155 g/mol. The lowest BCUT2D eigenvalue weighted by molar-refractivity contribution is -0.121. The predicted molar refractivity (Wildman–Crippen MR) is 45.5 cm³/mol. The van der Waals surface area contributed by atoms with Crippen LogP contribution in [-0.4, -0.2) is 30.3 Å². The van der Waals surface area contributed by atoms with Crippen LogP contribution in [0.1, 0.15) is 26.7 Å². The van der Waals surface area contributed by atoms with E-state index < -0.39 is 0 Å². The first-order valence-corrected chi connectivity index (χ1v) is 4.32. The van der Waals surface area contributed by atoms with E-state index in [2.05, 4.69) is 4.90 Å². The maximum Gasteiger partial charge on any atom is 0.146 e. The second kappa shape index (κ2) is 3.35. The third-order valence-corrected chi connectivity index (χ3v) is 2.49. The van der Waals surface area contributed by atoms with Crippen molar-refractivity contribution in [2.75, 3.05) is 13.6 Å². The Morgan fingerprint density at radius 2 is 2.18 bits per heavy atom. The Hall–Kier alpha value is -0.370. The van der Waals surface area contributed by atoms with Crippen molar-refractivity contribution in [3.05, 3.63) is 0 Å². The van der Waals surface area contributed by atoms with Gasteiger partial charge >= 0.3 is 0 Å². The van der Waals surface area contributed by atoms with Crippen molar-refractivity contribution in [1.82, 2.24) is 4.90 Å². The molecule has 0 aromatic heterocycles.